The zero-order chi connectivity index (χ0) is 21.5. The summed E-state index contributed by atoms with van der Waals surface area (Å²) in [6.07, 6.45) is 0.898. The van der Waals surface area contributed by atoms with Crippen LogP contribution in [0.4, 0.5) is 0 Å². The summed E-state index contributed by atoms with van der Waals surface area (Å²) >= 11 is 11.9. The molecule has 0 aromatic heterocycles. The molecule has 2 heterocycles. The van der Waals surface area contributed by atoms with E-state index < -0.39 is 22.2 Å². The molecule has 1 spiro atoms. The van der Waals surface area contributed by atoms with Gasteiger partial charge in [0.15, 0.2) is 0 Å². The molecule has 2 aliphatic heterocycles. The Bertz CT molecular complexity index is 1110. The molecule has 1 saturated heterocycles. The predicted octanol–water partition coefficient (Wildman–Crippen LogP) is 2.96. The van der Waals surface area contributed by atoms with Gasteiger partial charge in [-0.05, 0) is 18.2 Å². The Morgan fingerprint density at radius 2 is 1.70 bits per heavy atom. The zero-order valence-electron chi connectivity index (χ0n) is 15.7. The van der Waals surface area contributed by atoms with Crippen molar-refractivity contribution in [3.05, 3.63) is 63.6 Å². The number of carbonyl (C=O) groups excluding carboxylic acids is 2. The predicted molar refractivity (Wildman–Crippen MR) is 111 cm³/mol. The van der Waals surface area contributed by atoms with Crippen molar-refractivity contribution >= 4 is 45.1 Å². The molecule has 10 heteroatoms. The summed E-state index contributed by atoms with van der Waals surface area (Å²) in [6, 6.07) is 11.6. The maximum Gasteiger partial charge on any atom is 0.339 e. The molecule has 4 rings (SSSR count). The summed E-state index contributed by atoms with van der Waals surface area (Å²) in [4.78, 5) is 26.0. The van der Waals surface area contributed by atoms with Crippen LogP contribution in [0.2, 0.25) is 10.0 Å². The molecule has 0 saturated carbocycles. The van der Waals surface area contributed by atoms with E-state index in [2.05, 4.69) is 4.72 Å². The highest BCUT2D eigenvalue weighted by atomic mass is 35.5. The Morgan fingerprint density at radius 1 is 1.07 bits per heavy atom. The van der Waals surface area contributed by atoms with Crippen molar-refractivity contribution < 1.29 is 22.7 Å². The third kappa shape index (κ3) is 3.69. The van der Waals surface area contributed by atoms with Crippen molar-refractivity contribution in [3.8, 4) is 0 Å². The number of rotatable bonds is 4. The third-order valence-corrected chi connectivity index (χ3v) is 7.81. The fraction of sp³-hybridized carbons (Fsp3) is 0.300. The van der Waals surface area contributed by atoms with E-state index in [1.165, 1.54) is 18.2 Å². The largest absolute Gasteiger partial charge is 0.450 e. The van der Waals surface area contributed by atoms with Crippen molar-refractivity contribution in [1.82, 2.24) is 9.62 Å². The molecular formula is C20H18Cl2N2O5S. The van der Waals surface area contributed by atoms with Gasteiger partial charge in [0.1, 0.15) is 10.5 Å². The van der Waals surface area contributed by atoms with Crippen LogP contribution in [0.5, 0.6) is 0 Å². The van der Waals surface area contributed by atoms with Gasteiger partial charge in [0.2, 0.25) is 15.9 Å². The number of esters is 1. The van der Waals surface area contributed by atoms with E-state index in [1.54, 1.807) is 17.0 Å². The second-order valence-electron chi connectivity index (χ2n) is 7.19. The molecule has 7 nitrogen and oxygen atoms in total. The van der Waals surface area contributed by atoms with Gasteiger partial charge in [-0.3, -0.25) is 4.79 Å². The van der Waals surface area contributed by atoms with Crippen molar-refractivity contribution in [2.45, 2.75) is 23.3 Å². The number of nitrogens with one attached hydrogen (secondary N) is 1. The van der Waals surface area contributed by atoms with Gasteiger partial charge in [-0.2, -0.15) is 0 Å². The molecule has 2 aromatic carbocycles. The van der Waals surface area contributed by atoms with Gasteiger partial charge in [-0.1, -0.05) is 47.5 Å². The fourth-order valence-corrected chi connectivity index (χ4v) is 6.03. The number of ether oxygens (including phenoxy) is 1. The Morgan fingerprint density at radius 3 is 2.37 bits per heavy atom. The molecule has 0 unspecified atom stereocenters. The molecule has 2 aliphatic rings. The molecule has 1 fully saturated rings. The Hall–Kier alpha value is -2.13. The van der Waals surface area contributed by atoms with Crippen molar-refractivity contribution in [2.75, 3.05) is 19.6 Å². The Labute approximate surface area is 184 Å². The highest BCUT2D eigenvalue weighted by Gasteiger charge is 2.47. The summed E-state index contributed by atoms with van der Waals surface area (Å²) in [6.45, 7) is 0.261. The summed E-state index contributed by atoms with van der Waals surface area (Å²) in [5, 5.41) is -0.0480. The fourth-order valence-electron chi connectivity index (χ4n) is 3.91. The SMILES string of the molecule is O=C1OC2(CCN(C(=O)CNS(=O)(=O)c3c(Cl)cccc3Cl)CC2)c2ccccc21. The van der Waals surface area contributed by atoms with Crippen LogP contribution in [0.3, 0.4) is 0 Å². The summed E-state index contributed by atoms with van der Waals surface area (Å²) in [7, 11) is -4.06. The van der Waals surface area contributed by atoms with E-state index >= 15 is 0 Å². The topological polar surface area (TPSA) is 92.8 Å². The molecule has 2 aromatic rings. The number of likely N-dealkylation sites (tertiary alicyclic amines) is 1. The highest BCUT2D eigenvalue weighted by Crippen LogP contribution is 2.43. The number of hydrogen-bond donors (Lipinski definition) is 1. The van der Waals surface area contributed by atoms with Gasteiger partial charge in [0.25, 0.3) is 0 Å². The Balaban J connectivity index is 1.41. The number of carbonyl (C=O) groups is 2. The number of piperidine rings is 1. The lowest BCUT2D eigenvalue weighted by Gasteiger charge is -2.38. The van der Waals surface area contributed by atoms with Gasteiger partial charge in [-0.25, -0.2) is 17.9 Å². The minimum absolute atomic E-state index is 0.0240. The molecule has 0 aliphatic carbocycles. The van der Waals surface area contributed by atoms with Crippen LogP contribution in [-0.4, -0.2) is 44.8 Å². The minimum Gasteiger partial charge on any atom is -0.450 e. The summed E-state index contributed by atoms with van der Waals surface area (Å²) in [5.41, 5.74) is 0.674. The first-order valence-electron chi connectivity index (χ1n) is 9.28. The monoisotopic (exact) mass is 468 g/mol. The van der Waals surface area contributed by atoms with E-state index in [4.69, 9.17) is 27.9 Å². The van der Waals surface area contributed by atoms with Crippen molar-refractivity contribution in [1.29, 1.82) is 0 Å². The molecule has 158 valence electrons. The lowest BCUT2D eigenvalue weighted by atomic mass is 9.84. The number of fused-ring (bicyclic) bond motifs is 2. The van der Waals surface area contributed by atoms with Gasteiger partial charge < -0.3 is 9.64 Å². The molecule has 0 atom stereocenters. The maximum atomic E-state index is 12.6. The van der Waals surface area contributed by atoms with E-state index in [9.17, 15) is 18.0 Å². The first kappa shape index (κ1) is 21.1. The zero-order valence-corrected chi connectivity index (χ0v) is 18.1. The number of halogens is 2. The quantitative estimate of drug-likeness (QED) is 0.696. The van der Waals surface area contributed by atoms with Crippen LogP contribution in [0.15, 0.2) is 47.4 Å². The van der Waals surface area contributed by atoms with Crippen LogP contribution in [0.25, 0.3) is 0 Å². The van der Waals surface area contributed by atoms with Gasteiger partial charge in [-0.15, -0.1) is 0 Å². The van der Waals surface area contributed by atoms with Crippen LogP contribution in [-0.2, 0) is 25.2 Å². The van der Waals surface area contributed by atoms with E-state index in [0.29, 0.717) is 31.5 Å². The normalized spacial score (nSPS) is 17.7. The average Bonchev–Trinajstić information content (AvgIpc) is 2.98. The lowest BCUT2D eigenvalue weighted by molar-refractivity contribution is -0.134. The maximum absolute atomic E-state index is 12.6. The number of hydrogen-bond acceptors (Lipinski definition) is 5. The molecule has 0 bridgehead atoms. The lowest BCUT2D eigenvalue weighted by Crippen LogP contribution is -2.48. The van der Waals surface area contributed by atoms with E-state index in [1.807, 2.05) is 12.1 Å². The van der Waals surface area contributed by atoms with Crippen LogP contribution >= 0.6 is 23.2 Å². The summed E-state index contributed by atoms with van der Waals surface area (Å²) in [5.74, 6) is -0.732. The second kappa shape index (κ2) is 7.85. The highest BCUT2D eigenvalue weighted by molar-refractivity contribution is 7.89. The first-order valence-corrected chi connectivity index (χ1v) is 11.5. The molecule has 1 N–H and O–H groups in total. The van der Waals surface area contributed by atoms with E-state index in [-0.39, 0.29) is 26.8 Å². The van der Waals surface area contributed by atoms with Crippen LogP contribution < -0.4 is 4.72 Å². The van der Waals surface area contributed by atoms with Crippen molar-refractivity contribution in [3.63, 3.8) is 0 Å². The van der Waals surface area contributed by atoms with Gasteiger partial charge in [0, 0.05) is 31.5 Å². The van der Waals surface area contributed by atoms with Gasteiger partial charge in [0.05, 0.1) is 22.2 Å². The second-order valence-corrected chi connectivity index (χ2v) is 9.70. The average molecular weight is 469 g/mol. The van der Waals surface area contributed by atoms with Crippen molar-refractivity contribution in [2.24, 2.45) is 0 Å². The van der Waals surface area contributed by atoms with E-state index in [0.717, 1.165) is 5.56 Å². The van der Waals surface area contributed by atoms with Gasteiger partial charge >= 0.3 is 5.97 Å². The third-order valence-electron chi connectivity index (χ3n) is 5.45. The molecule has 1 amide bonds. The number of sulfonamides is 1. The number of nitrogens with zero attached hydrogens (tertiary/aromatic N) is 1. The standard InChI is InChI=1S/C20H18Cl2N2O5S/c21-15-6-3-7-16(22)18(15)30(27,28)23-12-17(25)24-10-8-20(9-11-24)14-5-2-1-4-13(14)19(26)29-20/h1-7,23H,8-12H2. The number of benzene rings is 2. The molecule has 30 heavy (non-hydrogen) atoms. The smallest absolute Gasteiger partial charge is 0.339 e. The first-order chi connectivity index (χ1) is 14.2. The summed E-state index contributed by atoms with van der Waals surface area (Å²) < 4.78 is 33.0. The molecule has 0 radical (unpaired) electrons. The van der Waals surface area contributed by atoms with Crippen LogP contribution in [0.1, 0.15) is 28.8 Å². The molecular weight excluding hydrogens is 451 g/mol. The van der Waals surface area contributed by atoms with Crippen LogP contribution in [0, 0.1) is 0 Å². The number of amides is 1. The Kier molecular flexibility index (Phi) is 5.52. The minimum atomic E-state index is -4.06.